The van der Waals surface area contributed by atoms with Crippen molar-refractivity contribution in [2.24, 2.45) is 0 Å². The van der Waals surface area contributed by atoms with E-state index in [0.29, 0.717) is 18.2 Å². The van der Waals surface area contributed by atoms with E-state index in [0.717, 1.165) is 13.1 Å². The predicted octanol–water partition coefficient (Wildman–Crippen LogP) is 3.03. The first-order chi connectivity index (χ1) is 11.1. The van der Waals surface area contributed by atoms with Gasteiger partial charge in [-0.15, -0.1) is 10.2 Å². The summed E-state index contributed by atoms with van der Waals surface area (Å²) in [5.74, 6) is 1.19. The van der Waals surface area contributed by atoms with Gasteiger partial charge in [0.1, 0.15) is 6.10 Å². The fourth-order valence-corrected chi connectivity index (χ4v) is 2.75. The topological polar surface area (TPSA) is 51.4 Å². The smallest absolute Gasteiger partial charge is 0.246 e. The summed E-state index contributed by atoms with van der Waals surface area (Å²) in [4.78, 5) is 2.22. The molecular formula is C18H23N3O2. The number of aryl methyl sites for hydroxylation is 1. The Morgan fingerprint density at radius 3 is 2.74 bits per heavy atom. The second-order valence-corrected chi connectivity index (χ2v) is 6.21. The predicted molar refractivity (Wildman–Crippen MR) is 89.0 cm³/mol. The van der Waals surface area contributed by atoms with Crippen molar-refractivity contribution < 1.29 is 9.15 Å². The minimum atomic E-state index is -0.133. The van der Waals surface area contributed by atoms with Crippen molar-refractivity contribution in [3.63, 3.8) is 0 Å². The monoisotopic (exact) mass is 313 g/mol. The fraction of sp³-hybridized carbons (Fsp3) is 0.444. The van der Waals surface area contributed by atoms with Crippen LogP contribution < -0.4 is 0 Å². The molecule has 0 aliphatic carbocycles. The van der Waals surface area contributed by atoms with Gasteiger partial charge in [0.15, 0.2) is 0 Å². The van der Waals surface area contributed by atoms with Gasteiger partial charge in [-0.2, -0.15) is 0 Å². The third-order valence-electron chi connectivity index (χ3n) is 3.88. The van der Waals surface area contributed by atoms with Crippen molar-refractivity contribution in [3.8, 4) is 0 Å². The van der Waals surface area contributed by atoms with Gasteiger partial charge in [-0.05, 0) is 26.5 Å². The van der Waals surface area contributed by atoms with Crippen LogP contribution >= 0.6 is 0 Å². The van der Waals surface area contributed by atoms with Crippen LogP contribution in [0.3, 0.4) is 0 Å². The van der Waals surface area contributed by atoms with Crippen LogP contribution in [0.2, 0.25) is 0 Å². The minimum absolute atomic E-state index is 0.133. The van der Waals surface area contributed by atoms with E-state index >= 15 is 0 Å². The second-order valence-electron chi connectivity index (χ2n) is 6.21. The molecule has 1 aromatic carbocycles. The molecule has 2 atom stereocenters. The number of likely N-dealkylation sites (N-methyl/N-ethyl adjacent to an activating group) is 1. The summed E-state index contributed by atoms with van der Waals surface area (Å²) in [6.07, 6.45) is 4.77. The molecule has 1 saturated heterocycles. The Labute approximate surface area is 137 Å². The molecule has 1 aliphatic heterocycles. The average Bonchev–Trinajstić information content (AvgIpc) is 2.97. The van der Waals surface area contributed by atoms with Crippen LogP contribution in [0.25, 0.3) is 6.08 Å². The zero-order valence-corrected chi connectivity index (χ0v) is 13.9. The molecule has 0 N–H and O–H groups in total. The molecule has 23 heavy (non-hydrogen) atoms. The molecule has 0 amide bonds. The summed E-state index contributed by atoms with van der Waals surface area (Å²) in [6, 6.07) is 8.39. The summed E-state index contributed by atoms with van der Waals surface area (Å²) in [6.45, 7) is 5.85. The number of benzene rings is 1. The molecule has 2 heterocycles. The van der Waals surface area contributed by atoms with E-state index < -0.39 is 0 Å². The number of allylic oxidation sites excluding steroid dienone is 1. The molecule has 0 spiro atoms. The number of hydrogen-bond donors (Lipinski definition) is 0. The van der Waals surface area contributed by atoms with Crippen molar-refractivity contribution in [1.29, 1.82) is 0 Å². The number of morpholine rings is 1. The first-order valence-corrected chi connectivity index (χ1v) is 7.99. The Balaban J connectivity index is 1.60. The Bertz CT molecular complexity index is 653. The van der Waals surface area contributed by atoms with E-state index in [4.69, 9.17) is 9.15 Å². The lowest BCUT2D eigenvalue weighted by molar-refractivity contribution is -0.0825. The van der Waals surface area contributed by atoms with E-state index in [2.05, 4.69) is 66.3 Å². The summed E-state index contributed by atoms with van der Waals surface area (Å²) in [7, 11) is 2.08. The van der Waals surface area contributed by atoms with Crippen molar-refractivity contribution in [2.45, 2.75) is 32.5 Å². The van der Waals surface area contributed by atoms with Crippen LogP contribution in [-0.2, 0) is 11.2 Å². The van der Waals surface area contributed by atoms with Gasteiger partial charge in [-0.25, -0.2) is 0 Å². The normalized spacial score (nSPS) is 22.7. The zero-order valence-electron chi connectivity index (χ0n) is 13.9. The quantitative estimate of drug-likeness (QED) is 0.868. The fourth-order valence-electron chi connectivity index (χ4n) is 2.75. The molecule has 1 aliphatic rings. The van der Waals surface area contributed by atoms with Gasteiger partial charge in [0.2, 0.25) is 11.8 Å². The maximum Gasteiger partial charge on any atom is 0.246 e. The first-order valence-electron chi connectivity index (χ1n) is 7.99. The van der Waals surface area contributed by atoms with Crippen molar-refractivity contribution in [2.75, 3.05) is 20.1 Å². The van der Waals surface area contributed by atoms with Gasteiger partial charge in [-0.1, -0.05) is 42.0 Å². The largest absolute Gasteiger partial charge is 0.422 e. The lowest BCUT2D eigenvalue weighted by Crippen LogP contribution is -2.40. The van der Waals surface area contributed by atoms with Gasteiger partial charge in [-0.3, -0.25) is 0 Å². The van der Waals surface area contributed by atoms with Crippen molar-refractivity contribution >= 4 is 6.08 Å². The highest BCUT2D eigenvalue weighted by molar-refractivity contribution is 5.49. The first kappa shape index (κ1) is 15.9. The Morgan fingerprint density at radius 2 is 2.00 bits per heavy atom. The van der Waals surface area contributed by atoms with Crippen LogP contribution in [0.15, 0.2) is 34.8 Å². The standard InChI is InChI=1S/C18H23N3O2/c1-13-7-9-15(10-8-13)5-4-6-17-19-20-18(23-17)16-12-21(3)11-14(2)22-16/h4-5,7-10,14,16H,6,11-12H2,1-3H3/b5-4+/t14-,16-/m1/s1. The summed E-state index contributed by atoms with van der Waals surface area (Å²) in [5, 5.41) is 8.26. The van der Waals surface area contributed by atoms with E-state index in [-0.39, 0.29) is 12.2 Å². The maximum absolute atomic E-state index is 5.89. The van der Waals surface area contributed by atoms with Gasteiger partial charge in [0.25, 0.3) is 0 Å². The van der Waals surface area contributed by atoms with Crippen LogP contribution in [0, 0.1) is 6.92 Å². The molecule has 0 bridgehead atoms. The van der Waals surface area contributed by atoms with Crippen molar-refractivity contribution in [1.82, 2.24) is 15.1 Å². The van der Waals surface area contributed by atoms with E-state index in [1.165, 1.54) is 11.1 Å². The van der Waals surface area contributed by atoms with Gasteiger partial charge >= 0.3 is 0 Å². The minimum Gasteiger partial charge on any atom is -0.422 e. The van der Waals surface area contributed by atoms with Crippen LogP contribution in [-0.4, -0.2) is 41.3 Å². The highest BCUT2D eigenvalue weighted by Gasteiger charge is 2.28. The molecule has 5 heteroatoms. The molecule has 1 aromatic heterocycles. The molecular weight excluding hydrogens is 290 g/mol. The molecule has 5 nitrogen and oxygen atoms in total. The summed E-state index contributed by atoms with van der Waals surface area (Å²) >= 11 is 0. The zero-order chi connectivity index (χ0) is 16.2. The molecule has 0 unspecified atom stereocenters. The van der Waals surface area contributed by atoms with Crippen LogP contribution in [0.1, 0.15) is 35.9 Å². The number of hydrogen-bond acceptors (Lipinski definition) is 5. The molecule has 0 saturated carbocycles. The molecule has 1 fully saturated rings. The molecule has 0 radical (unpaired) electrons. The summed E-state index contributed by atoms with van der Waals surface area (Å²) in [5.41, 5.74) is 2.43. The highest BCUT2D eigenvalue weighted by atomic mass is 16.5. The average molecular weight is 313 g/mol. The third kappa shape index (κ3) is 4.27. The van der Waals surface area contributed by atoms with Gasteiger partial charge in [0, 0.05) is 19.5 Å². The molecule has 122 valence electrons. The maximum atomic E-state index is 5.89. The summed E-state index contributed by atoms with van der Waals surface area (Å²) < 4.78 is 11.6. The van der Waals surface area contributed by atoms with Crippen molar-refractivity contribution in [3.05, 3.63) is 53.2 Å². The van der Waals surface area contributed by atoms with Gasteiger partial charge in [0.05, 0.1) is 6.10 Å². The van der Waals surface area contributed by atoms with Crippen LogP contribution in [0.4, 0.5) is 0 Å². The Hall–Kier alpha value is -1.98. The lowest BCUT2D eigenvalue weighted by Gasteiger charge is -2.32. The number of ether oxygens (including phenoxy) is 1. The van der Waals surface area contributed by atoms with Crippen LogP contribution in [0.5, 0.6) is 0 Å². The third-order valence-corrected chi connectivity index (χ3v) is 3.88. The SMILES string of the molecule is Cc1ccc(/C=C/Cc2nnc([C@H]3CN(C)C[C@@H](C)O3)o2)cc1. The number of nitrogens with zero attached hydrogens (tertiary/aromatic N) is 3. The number of aromatic nitrogens is 2. The van der Waals surface area contributed by atoms with E-state index in [1.807, 2.05) is 6.08 Å². The lowest BCUT2D eigenvalue weighted by atomic mass is 10.1. The molecule has 2 aromatic rings. The Morgan fingerprint density at radius 1 is 1.22 bits per heavy atom. The highest BCUT2D eigenvalue weighted by Crippen LogP contribution is 2.23. The Kier molecular flexibility index (Phi) is 4.88. The van der Waals surface area contributed by atoms with E-state index in [9.17, 15) is 0 Å². The van der Waals surface area contributed by atoms with Gasteiger partial charge < -0.3 is 14.1 Å². The second kappa shape index (κ2) is 7.06. The molecule has 3 rings (SSSR count). The number of rotatable bonds is 4. The van der Waals surface area contributed by atoms with E-state index in [1.54, 1.807) is 0 Å².